The van der Waals surface area contributed by atoms with E-state index in [0.717, 1.165) is 16.9 Å². The van der Waals surface area contributed by atoms with E-state index in [1.807, 2.05) is 25.3 Å². The van der Waals surface area contributed by atoms with Gasteiger partial charge in [-0.1, -0.05) is 6.92 Å². The van der Waals surface area contributed by atoms with Crippen LogP contribution >= 0.6 is 11.3 Å². The second kappa shape index (κ2) is 6.29. The van der Waals surface area contributed by atoms with E-state index in [9.17, 15) is 4.79 Å². The van der Waals surface area contributed by atoms with Gasteiger partial charge in [0.05, 0.1) is 17.4 Å². The summed E-state index contributed by atoms with van der Waals surface area (Å²) in [6, 6.07) is 4.07. The second-order valence-corrected chi connectivity index (χ2v) is 4.34. The van der Waals surface area contributed by atoms with E-state index < -0.39 is 0 Å². The van der Waals surface area contributed by atoms with Crippen LogP contribution in [0.1, 0.15) is 35.5 Å². The van der Waals surface area contributed by atoms with Gasteiger partial charge in [-0.15, -0.1) is 11.3 Å². The average Bonchev–Trinajstić information content (AvgIpc) is 2.77. The van der Waals surface area contributed by atoms with Gasteiger partial charge in [-0.05, 0) is 30.4 Å². The zero-order valence-electron chi connectivity index (χ0n) is 9.69. The van der Waals surface area contributed by atoms with Crippen LogP contribution in [-0.4, -0.2) is 23.9 Å². The molecule has 1 amide bonds. The van der Waals surface area contributed by atoms with Crippen LogP contribution in [0.2, 0.25) is 0 Å². The minimum atomic E-state index is 0.0598. The van der Waals surface area contributed by atoms with E-state index in [1.165, 1.54) is 11.3 Å². The minimum absolute atomic E-state index is 0.0598. The monoisotopic (exact) mass is 236 g/mol. The van der Waals surface area contributed by atoms with E-state index in [-0.39, 0.29) is 5.91 Å². The molecule has 0 unspecified atom stereocenters. The van der Waals surface area contributed by atoms with Gasteiger partial charge in [-0.25, -0.2) is 0 Å². The summed E-state index contributed by atoms with van der Waals surface area (Å²) in [5.74, 6) is 0.0598. The highest BCUT2D eigenvalue weighted by Crippen LogP contribution is 2.19. The molecule has 4 heteroatoms. The Morgan fingerprint density at radius 2 is 2.31 bits per heavy atom. The van der Waals surface area contributed by atoms with E-state index in [2.05, 4.69) is 6.07 Å². The lowest BCUT2D eigenvalue weighted by molar-refractivity contribution is 0.0771. The lowest BCUT2D eigenvalue weighted by atomic mass is 10.2. The number of carbonyl (C=O) groups is 1. The van der Waals surface area contributed by atoms with Gasteiger partial charge in [0.2, 0.25) is 0 Å². The van der Waals surface area contributed by atoms with Crippen molar-refractivity contribution < 1.29 is 4.79 Å². The highest BCUT2D eigenvalue weighted by atomic mass is 32.1. The van der Waals surface area contributed by atoms with Gasteiger partial charge in [0.25, 0.3) is 5.91 Å². The molecule has 1 rings (SSSR count). The summed E-state index contributed by atoms with van der Waals surface area (Å²) in [6.07, 6.45) is 1.27. The smallest absolute Gasteiger partial charge is 0.264 e. The Bertz CT molecular complexity index is 392. The number of thiophene rings is 1. The number of rotatable bonds is 5. The Morgan fingerprint density at radius 1 is 1.56 bits per heavy atom. The number of hydrogen-bond acceptors (Lipinski definition) is 3. The lowest BCUT2D eigenvalue weighted by Crippen LogP contribution is -2.31. The molecule has 86 valence electrons. The molecule has 0 aliphatic rings. The maximum Gasteiger partial charge on any atom is 0.264 e. The largest absolute Gasteiger partial charge is 0.337 e. The highest BCUT2D eigenvalue weighted by molar-refractivity contribution is 7.12. The third-order valence-electron chi connectivity index (χ3n) is 2.48. The van der Waals surface area contributed by atoms with Crippen molar-refractivity contribution >= 4 is 17.2 Å². The van der Waals surface area contributed by atoms with Crippen LogP contribution in [0.3, 0.4) is 0 Å². The number of nitriles is 1. The van der Waals surface area contributed by atoms with Crippen LogP contribution in [0.15, 0.2) is 11.4 Å². The van der Waals surface area contributed by atoms with E-state index in [1.54, 1.807) is 4.90 Å². The third kappa shape index (κ3) is 2.83. The predicted octanol–water partition coefficient (Wildman–Crippen LogP) is 2.69. The fraction of sp³-hybridized carbons (Fsp3) is 0.500. The molecule has 0 saturated carbocycles. The van der Waals surface area contributed by atoms with Crippen LogP contribution in [0.25, 0.3) is 0 Å². The number of hydrogen-bond donors (Lipinski definition) is 0. The van der Waals surface area contributed by atoms with Gasteiger partial charge < -0.3 is 4.90 Å². The quantitative estimate of drug-likeness (QED) is 0.789. The zero-order chi connectivity index (χ0) is 12.0. The molecule has 0 aliphatic heterocycles. The summed E-state index contributed by atoms with van der Waals surface area (Å²) >= 11 is 1.49. The van der Waals surface area contributed by atoms with Crippen LogP contribution in [0, 0.1) is 11.3 Å². The summed E-state index contributed by atoms with van der Waals surface area (Å²) < 4.78 is 0. The molecule has 16 heavy (non-hydrogen) atoms. The van der Waals surface area contributed by atoms with E-state index in [4.69, 9.17) is 5.26 Å². The first-order valence-electron chi connectivity index (χ1n) is 5.47. The summed E-state index contributed by atoms with van der Waals surface area (Å²) in [7, 11) is 0. The molecule has 0 N–H and O–H groups in total. The summed E-state index contributed by atoms with van der Waals surface area (Å²) in [5, 5.41) is 10.5. The molecule has 0 atom stereocenters. The molecule has 0 bridgehead atoms. The van der Waals surface area contributed by atoms with Crippen molar-refractivity contribution in [3.05, 3.63) is 21.9 Å². The summed E-state index contributed by atoms with van der Waals surface area (Å²) in [6.45, 7) is 5.16. The van der Waals surface area contributed by atoms with Crippen molar-refractivity contribution in [2.24, 2.45) is 0 Å². The van der Waals surface area contributed by atoms with Gasteiger partial charge in [0, 0.05) is 13.1 Å². The molecule has 0 spiro atoms. The van der Waals surface area contributed by atoms with Crippen LogP contribution in [-0.2, 0) is 6.42 Å². The number of carbonyl (C=O) groups excluding carboxylic acids is 1. The number of aryl methyl sites for hydroxylation is 1. The molecule has 0 aromatic carbocycles. The topological polar surface area (TPSA) is 44.1 Å². The van der Waals surface area contributed by atoms with E-state index >= 15 is 0 Å². The predicted molar refractivity (Wildman–Crippen MR) is 65.5 cm³/mol. The maximum absolute atomic E-state index is 12.1. The molecule has 0 saturated heterocycles. The SMILES string of the molecule is CCc1ccsc1C(=O)N(CC)CCC#N. The van der Waals surface area contributed by atoms with Crippen molar-refractivity contribution in [2.45, 2.75) is 26.7 Å². The van der Waals surface area contributed by atoms with Crippen LogP contribution in [0.5, 0.6) is 0 Å². The van der Waals surface area contributed by atoms with Gasteiger partial charge in [-0.3, -0.25) is 4.79 Å². The van der Waals surface area contributed by atoms with E-state index in [0.29, 0.717) is 19.5 Å². The molecule has 0 fully saturated rings. The maximum atomic E-state index is 12.1. The van der Waals surface area contributed by atoms with Gasteiger partial charge >= 0.3 is 0 Å². The van der Waals surface area contributed by atoms with Crippen molar-refractivity contribution in [3.8, 4) is 6.07 Å². The third-order valence-corrected chi connectivity index (χ3v) is 3.43. The highest BCUT2D eigenvalue weighted by Gasteiger charge is 2.17. The van der Waals surface area contributed by atoms with Gasteiger partial charge in [0.1, 0.15) is 0 Å². The first-order valence-corrected chi connectivity index (χ1v) is 6.35. The average molecular weight is 236 g/mol. The standard InChI is InChI=1S/C12H16N2OS/c1-3-10-6-9-16-11(10)12(15)14(4-2)8-5-7-13/h6,9H,3-5,8H2,1-2H3. The molecular formula is C12H16N2OS. The lowest BCUT2D eigenvalue weighted by Gasteiger charge is -2.19. The van der Waals surface area contributed by atoms with Crippen molar-refractivity contribution in [2.75, 3.05) is 13.1 Å². The van der Waals surface area contributed by atoms with Crippen molar-refractivity contribution in [1.29, 1.82) is 5.26 Å². The fourth-order valence-electron chi connectivity index (χ4n) is 1.53. The second-order valence-electron chi connectivity index (χ2n) is 3.42. The zero-order valence-corrected chi connectivity index (χ0v) is 10.5. The van der Waals surface area contributed by atoms with Gasteiger partial charge in [0.15, 0.2) is 0 Å². The molecule has 1 aromatic rings. The Balaban J connectivity index is 2.79. The first-order chi connectivity index (χ1) is 7.74. The van der Waals surface area contributed by atoms with Gasteiger partial charge in [-0.2, -0.15) is 5.26 Å². The summed E-state index contributed by atoms with van der Waals surface area (Å²) in [5.41, 5.74) is 1.10. The Labute approximate surface area is 100 Å². The fourth-order valence-corrected chi connectivity index (χ4v) is 2.50. The Hall–Kier alpha value is -1.34. The molecular weight excluding hydrogens is 220 g/mol. The van der Waals surface area contributed by atoms with Crippen LogP contribution < -0.4 is 0 Å². The molecule has 0 radical (unpaired) electrons. The normalized spacial score (nSPS) is 9.81. The first kappa shape index (κ1) is 12.7. The van der Waals surface area contributed by atoms with Crippen molar-refractivity contribution in [3.63, 3.8) is 0 Å². The molecule has 1 aromatic heterocycles. The summed E-state index contributed by atoms with van der Waals surface area (Å²) in [4.78, 5) is 14.7. The Morgan fingerprint density at radius 3 is 2.88 bits per heavy atom. The van der Waals surface area contributed by atoms with Crippen LogP contribution in [0.4, 0.5) is 0 Å². The minimum Gasteiger partial charge on any atom is -0.337 e. The molecule has 1 heterocycles. The Kier molecular flexibility index (Phi) is 5.00. The number of nitrogens with zero attached hydrogens (tertiary/aromatic N) is 2. The van der Waals surface area contributed by atoms with Crippen molar-refractivity contribution in [1.82, 2.24) is 4.90 Å². The molecule has 0 aliphatic carbocycles. The number of amides is 1. The molecule has 3 nitrogen and oxygen atoms in total.